The second-order valence-electron chi connectivity index (χ2n) is 4.48. The van der Waals surface area contributed by atoms with E-state index >= 15 is 0 Å². The van der Waals surface area contributed by atoms with E-state index in [1.807, 2.05) is 0 Å². The minimum atomic E-state index is -0.927. The van der Waals surface area contributed by atoms with Crippen molar-refractivity contribution < 1.29 is 23.9 Å². The number of rotatable bonds is 7. The van der Waals surface area contributed by atoms with Crippen LogP contribution in [-0.2, 0) is 9.59 Å². The zero-order chi connectivity index (χ0) is 15.8. The largest absolute Gasteiger partial charge is 0.481 e. The van der Waals surface area contributed by atoms with E-state index in [0.29, 0.717) is 6.42 Å². The highest BCUT2D eigenvalue weighted by Gasteiger charge is 2.14. The molecule has 0 fully saturated rings. The molecule has 0 atom stereocenters. The number of benzene rings is 1. The number of aliphatic carboxylic acids is 1. The van der Waals surface area contributed by atoms with Gasteiger partial charge in [-0.1, -0.05) is 12.1 Å². The Kier molecular flexibility index (Phi) is 6.32. The summed E-state index contributed by atoms with van der Waals surface area (Å²) in [5.41, 5.74) is -0.126. The summed E-state index contributed by atoms with van der Waals surface area (Å²) in [7, 11) is 1.51. The number of carboxylic acid groups (broad SMARTS) is 1. The van der Waals surface area contributed by atoms with Crippen molar-refractivity contribution in [3.8, 4) is 0 Å². The molecule has 0 heterocycles. The molecule has 21 heavy (non-hydrogen) atoms. The van der Waals surface area contributed by atoms with E-state index < -0.39 is 17.7 Å². The summed E-state index contributed by atoms with van der Waals surface area (Å²) in [5.74, 6) is -2.62. The van der Waals surface area contributed by atoms with Crippen LogP contribution in [0.4, 0.5) is 4.39 Å². The highest BCUT2D eigenvalue weighted by molar-refractivity contribution is 5.96. The van der Waals surface area contributed by atoms with Crippen molar-refractivity contribution in [3.63, 3.8) is 0 Å². The van der Waals surface area contributed by atoms with E-state index in [0.717, 1.165) is 6.07 Å². The molecule has 1 aromatic carbocycles. The van der Waals surface area contributed by atoms with E-state index in [1.54, 1.807) is 0 Å². The average molecular weight is 296 g/mol. The Morgan fingerprint density at radius 3 is 2.57 bits per heavy atom. The molecule has 0 spiro atoms. The van der Waals surface area contributed by atoms with Crippen molar-refractivity contribution >= 4 is 17.8 Å². The number of carbonyl (C=O) groups is 3. The lowest BCUT2D eigenvalue weighted by atomic mass is 10.2. The van der Waals surface area contributed by atoms with Crippen molar-refractivity contribution in [1.82, 2.24) is 10.2 Å². The summed E-state index contributed by atoms with van der Waals surface area (Å²) < 4.78 is 13.4. The van der Waals surface area contributed by atoms with Crippen molar-refractivity contribution in [3.05, 3.63) is 35.6 Å². The Morgan fingerprint density at radius 1 is 1.29 bits per heavy atom. The topological polar surface area (TPSA) is 86.7 Å². The number of nitrogens with one attached hydrogen (secondary N) is 1. The highest BCUT2D eigenvalue weighted by atomic mass is 19.1. The van der Waals surface area contributed by atoms with Gasteiger partial charge in [0, 0.05) is 20.0 Å². The number of nitrogens with zero attached hydrogens (tertiary/aromatic N) is 1. The van der Waals surface area contributed by atoms with Gasteiger partial charge >= 0.3 is 5.97 Å². The van der Waals surface area contributed by atoms with Gasteiger partial charge < -0.3 is 15.3 Å². The summed E-state index contributed by atoms with van der Waals surface area (Å²) in [6, 6.07) is 5.48. The average Bonchev–Trinajstić information content (AvgIpc) is 2.44. The molecule has 114 valence electrons. The van der Waals surface area contributed by atoms with Gasteiger partial charge in [-0.05, 0) is 18.6 Å². The smallest absolute Gasteiger partial charge is 0.303 e. The Hall–Kier alpha value is -2.44. The number of amides is 2. The van der Waals surface area contributed by atoms with Crippen molar-refractivity contribution in [2.24, 2.45) is 0 Å². The van der Waals surface area contributed by atoms with Crippen LogP contribution in [0, 0.1) is 5.82 Å². The fourth-order valence-corrected chi connectivity index (χ4v) is 1.62. The molecule has 0 radical (unpaired) electrons. The highest BCUT2D eigenvalue weighted by Crippen LogP contribution is 2.05. The van der Waals surface area contributed by atoms with Gasteiger partial charge in [0.15, 0.2) is 0 Å². The summed E-state index contributed by atoms with van der Waals surface area (Å²) in [6.45, 7) is 0.0114. The zero-order valence-electron chi connectivity index (χ0n) is 11.6. The monoisotopic (exact) mass is 296 g/mol. The lowest BCUT2D eigenvalue weighted by Gasteiger charge is -2.17. The number of hydrogen-bond acceptors (Lipinski definition) is 3. The molecule has 2 amide bonds. The predicted octanol–water partition coefficient (Wildman–Crippen LogP) is 0.879. The first-order valence-electron chi connectivity index (χ1n) is 6.40. The second-order valence-corrected chi connectivity index (χ2v) is 4.48. The SMILES string of the molecule is CN(CCCC(=O)O)C(=O)CNC(=O)c1ccccc1F. The normalized spacial score (nSPS) is 10.0. The van der Waals surface area contributed by atoms with Gasteiger partial charge in [-0.25, -0.2) is 4.39 Å². The minimum absolute atomic E-state index is 0.0286. The fraction of sp³-hybridized carbons (Fsp3) is 0.357. The fourth-order valence-electron chi connectivity index (χ4n) is 1.62. The van der Waals surface area contributed by atoms with Gasteiger partial charge in [0.1, 0.15) is 5.82 Å². The molecule has 1 aromatic rings. The third-order valence-corrected chi connectivity index (χ3v) is 2.83. The van der Waals surface area contributed by atoms with Crippen LogP contribution in [-0.4, -0.2) is 47.9 Å². The molecule has 0 aliphatic heterocycles. The van der Waals surface area contributed by atoms with E-state index in [1.165, 1.54) is 30.1 Å². The van der Waals surface area contributed by atoms with E-state index in [-0.39, 0.29) is 31.0 Å². The molecule has 0 saturated heterocycles. The summed E-state index contributed by atoms with van der Waals surface area (Å²) >= 11 is 0. The third-order valence-electron chi connectivity index (χ3n) is 2.83. The molecule has 6 nitrogen and oxygen atoms in total. The lowest BCUT2D eigenvalue weighted by Crippen LogP contribution is -2.38. The molecular formula is C14H17FN2O4. The van der Waals surface area contributed by atoms with E-state index in [4.69, 9.17) is 5.11 Å². The number of likely N-dealkylation sites (N-methyl/N-ethyl adjacent to an activating group) is 1. The quantitative estimate of drug-likeness (QED) is 0.782. The van der Waals surface area contributed by atoms with Crippen LogP contribution in [0.3, 0.4) is 0 Å². The first-order chi connectivity index (χ1) is 9.91. The Labute approximate surface area is 121 Å². The van der Waals surface area contributed by atoms with Crippen LogP contribution in [0.2, 0.25) is 0 Å². The van der Waals surface area contributed by atoms with Crippen LogP contribution >= 0.6 is 0 Å². The van der Waals surface area contributed by atoms with E-state index in [2.05, 4.69) is 5.32 Å². The molecule has 0 bridgehead atoms. The number of carboxylic acids is 1. The van der Waals surface area contributed by atoms with Gasteiger partial charge in [0.25, 0.3) is 5.91 Å². The molecule has 0 unspecified atom stereocenters. The maximum atomic E-state index is 13.4. The van der Waals surface area contributed by atoms with Crippen LogP contribution in [0.5, 0.6) is 0 Å². The Morgan fingerprint density at radius 2 is 1.95 bits per heavy atom. The van der Waals surface area contributed by atoms with Gasteiger partial charge in [-0.15, -0.1) is 0 Å². The van der Waals surface area contributed by atoms with Crippen LogP contribution in [0.15, 0.2) is 24.3 Å². The third kappa shape index (κ3) is 5.60. The van der Waals surface area contributed by atoms with Gasteiger partial charge in [0.2, 0.25) is 5.91 Å². The summed E-state index contributed by atoms with van der Waals surface area (Å²) in [5, 5.41) is 10.8. The van der Waals surface area contributed by atoms with Gasteiger partial charge in [0.05, 0.1) is 12.1 Å². The number of hydrogen-bond donors (Lipinski definition) is 2. The van der Waals surface area contributed by atoms with Gasteiger partial charge in [-0.2, -0.15) is 0 Å². The van der Waals surface area contributed by atoms with E-state index in [9.17, 15) is 18.8 Å². The van der Waals surface area contributed by atoms with Crippen molar-refractivity contribution in [2.45, 2.75) is 12.8 Å². The maximum absolute atomic E-state index is 13.4. The Balaban J connectivity index is 2.40. The summed E-state index contributed by atoms with van der Waals surface area (Å²) in [6.07, 6.45) is 0.304. The minimum Gasteiger partial charge on any atom is -0.481 e. The summed E-state index contributed by atoms with van der Waals surface area (Å²) in [4.78, 5) is 35.1. The van der Waals surface area contributed by atoms with Crippen molar-refractivity contribution in [1.29, 1.82) is 0 Å². The number of carbonyl (C=O) groups excluding carboxylic acids is 2. The lowest BCUT2D eigenvalue weighted by molar-refractivity contribution is -0.137. The molecule has 7 heteroatoms. The molecule has 1 rings (SSSR count). The molecule has 0 aromatic heterocycles. The molecule has 2 N–H and O–H groups in total. The van der Waals surface area contributed by atoms with Crippen LogP contribution in [0.1, 0.15) is 23.2 Å². The second kappa shape index (κ2) is 7.98. The van der Waals surface area contributed by atoms with Crippen molar-refractivity contribution in [2.75, 3.05) is 20.1 Å². The zero-order valence-corrected chi connectivity index (χ0v) is 11.6. The molecular weight excluding hydrogens is 279 g/mol. The molecule has 0 aliphatic carbocycles. The molecule has 0 saturated carbocycles. The van der Waals surface area contributed by atoms with Gasteiger partial charge in [-0.3, -0.25) is 14.4 Å². The van der Waals surface area contributed by atoms with Crippen LogP contribution < -0.4 is 5.32 Å². The predicted molar refractivity (Wildman–Crippen MR) is 73.2 cm³/mol. The molecule has 0 aliphatic rings. The maximum Gasteiger partial charge on any atom is 0.303 e. The number of halogens is 1. The standard InChI is InChI=1S/C14H17FN2O4/c1-17(8-4-7-13(19)20)12(18)9-16-14(21)10-5-2-3-6-11(10)15/h2-3,5-6H,4,7-9H2,1H3,(H,16,21)(H,19,20). The first-order valence-corrected chi connectivity index (χ1v) is 6.40. The Bertz CT molecular complexity index is 533. The first kappa shape index (κ1) is 16.6. The van der Waals surface area contributed by atoms with Crippen LogP contribution in [0.25, 0.3) is 0 Å².